The predicted octanol–water partition coefficient (Wildman–Crippen LogP) is 2.06. The third kappa shape index (κ3) is 4.84. The number of carbonyl (C=O) groups is 1. The average Bonchev–Trinajstić information content (AvgIpc) is 3.11. The number of piperidine rings is 1. The monoisotopic (exact) mass is 260 g/mol. The Morgan fingerprint density at radius 2 is 1.82 bits per heavy atom. The Morgan fingerprint density at radius 1 is 1.18 bits per heavy atom. The lowest BCUT2D eigenvalue weighted by molar-refractivity contribution is -0.133. The molecule has 1 amide bonds. The van der Waals surface area contributed by atoms with Crippen LogP contribution in [0.2, 0.25) is 0 Å². The zero-order valence-corrected chi connectivity index (χ0v) is 11.6. The first-order valence-electron chi connectivity index (χ1n) is 6.72. The van der Waals surface area contributed by atoms with Crippen LogP contribution in [-0.2, 0) is 4.79 Å². The van der Waals surface area contributed by atoms with Crippen molar-refractivity contribution in [3.05, 3.63) is 0 Å². The summed E-state index contributed by atoms with van der Waals surface area (Å²) in [4.78, 5) is 14.0. The third-order valence-electron chi connectivity index (χ3n) is 3.93. The minimum absolute atomic E-state index is 0. The van der Waals surface area contributed by atoms with Crippen molar-refractivity contribution in [3.63, 3.8) is 0 Å². The normalized spacial score (nSPS) is 21.1. The Morgan fingerprint density at radius 3 is 2.35 bits per heavy atom. The maximum Gasteiger partial charge on any atom is 0.222 e. The molecule has 1 heterocycles. The van der Waals surface area contributed by atoms with Crippen LogP contribution in [0, 0.1) is 11.8 Å². The molecule has 0 unspecified atom stereocenters. The van der Waals surface area contributed by atoms with Gasteiger partial charge in [-0.2, -0.15) is 0 Å². The Bertz CT molecular complexity index is 236. The summed E-state index contributed by atoms with van der Waals surface area (Å²) in [6.45, 7) is 3.11. The summed E-state index contributed by atoms with van der Waals surface area (Å²) < 4.78 is 0. The topological polar surface area (TPSA) is 32.3 Å². The molecular weight excluding hydrogens is 236 g/mol. The van der Waals surface area contributed by atoms with Crippen LogP contribution in [0.25, 0.3) is 0 Å². The lowest BCUT2D eigenvalue weighted by Crippen LogP contribution is -2.39. The quantitative estimate of drug-likeness (QED) is 0.821. The van der Waals surface area contributed by atoms with E-state index < -0.39 is 0 Å². The van der Waals surface area contributed by atoms with Gasteiger partial charge in [-0.05, 0) is 57.5 Å². The van der Waals surface area contributed by atoms with Crippen LogP contribution in [0.15, 0.2) is 0 Å². The molecule has 0 atom stereocenters. The smallest absolute Gasteiger partial charge is 0.222 e. The lowest BCUT2D eigenvalue weighted by Gasteiger charge is -2.32. The molecule has 1 aliphatic heterocycles. The van der Waals surface area contributed by atoms with Crippen LogP contribution in [0.1, 0.15) is 38.5 Å². The third-order valence-corrected chi connectivity index (χ3v) is 3.93. The molecule has 2 fully saturated rings. The zero-order valence-electron chi connectivity index (χ0n) is 10.8. The molecule has 2 aliphatic rings. The minimum atomic E-state index is 0. The van der Waals surface area contributed by atoms with E-state index >= 15 is 0 Å². The molecule has 1 saturated heterocycles. The zero-order chi connectivity index (χ0) is 11.4. The van der Waals surface area contributed by atoms with E-state index in [0.717, 1.165) is 37.9 Å². The molecule has 3 nitrogen and oxygen atoms in total. The first kappa shape index (κ1) is 14.8. The minimum Gasteiger partial charge on any atom is -0.343 e. The van der Waals surface area contributed by atoms with Gasteiger partial charge in [-0.3, -0.25) is 4.79 Å². The van der Waals surface area contributed by atoms with Crippen molar-refractivity contribution in [3.8, 4) is 0 Å². The molecule has 100 valence electrons. The Balaban J connectivity index is 0.00000144. The number of carbonyl (C=O) groups excluding carboxylic acids is 1. The van der Waals surface area contributed by atoms with E-state index in [1.54, 1.807) is 0 Å². The second-order valence-corrected chi connectivity index (χ2v) is 5.36. The summed E-state index contributed by atoms with van der Waals surface area (Å²) in [5, 5.41) is 3.20. The number of halogens is 1. The van der Waals surface area contributed by atoms with Gasteiger partial charge in [0.05, 0.1) is 0 Å². The van der Waals surface area contributed by atoms with Crippen molar-refractivity contribution >= 4 is 18.3 Å². The number of likely N-dealkylation sites (tertiary alicyclic amines) is 1. The van der Waals surface area contributed by atoms with Crippen LogP contribution < -0.4 is 5.32 Å². The van der Waals surface area contributed by atoms with Gasteiger partial charge in [0.1, 0.15) is 0 Å². The molecule has 0 spiro atoms. The van der Waals surface area contributed by atoms with E-state index in [0.29, 0.717) is 5.91 Å². The van der Waals surface area contributed by atoms with E-state index in [4.69, 9.17) is 0 Å². The van der Waals surface area contributed by atoms with E-state index in [1.165, 1.54) is 32.1 Å². The molecule has 0 bridgehead atoms. The van der Waals surface area contributed by atoms with Crippen LogP contribution in [-0.4, -0.2) is 37.5 Å². The second kappa shape index (κ2) is 7.22. The predicted molar refractivity (Wildman–Crippen MR) is 72.4 cm³/mol. The van der Waals surface area contributed by atoms with Crippen LogP contribution in [0.4, 0.5) is 0 Å². The van der Waals surface area contributed by atoms with Crippen molar-refractivity contribution in [1.29, 1.82) is 0 Å². The Labute approximate surface area is 111 Å². The molecule has 2 rings (SSSR count). The van der Waals surface area contributed by atoms with E-state index in [9.17, 15) is 4.79 Å². The van der Waals surface area contributed by atoms with Gasteiger partial charge in [-0.1, -0.05) is 0 Å². The summed E-state index contributed by atoms with van der Waals surface area (Å²) in [6, 6.07) is 0. The maximum atomic E-state index is 11.9. The summed E-state index contributed by atoms with van der Waals surface area (Å²) in [5.74, 6) is 1.97. The first-order chi connectivity index (χ1) is 7.79. The molecular formula is C13H25ClN2O. The number of nitrogens with one attached hydrogen (secondary N) is 1. The number of hydrogen-bond donors (Lipinski definition) is 1. The van der Waals surface area contributed by atoms with E-state index in [2.05, 4.69) is 10.2 Å². The summed E-state index contributed by atoms with van der Waals surface area (Å²) in [6.07, 6.45) is 7.06. The highest BCUT2D eigenvalue weighted by Gasteiger charge is 2.28. The van der Waals surface area contributed by atoms with Crippen molar-refractivity contribution in [1.82, 2.24) is 10.2 Å². The maximum absolute atomic E-state index is 11.9. The second-order valence-electron chi connectivity index (χ2n) is 5.36. The molecule has 1 N–H and O–H groups in total. The first-order valence-corrected chi connectivity index (χ1v) is 6.72. The van der Waals surface area contributed by atoms with Crippen molar-refractivity contribution in [2.45, 2.75) is 38.5 Å². The SMILES string of the molecule is CNCCC1CCN(C(=O)CC2CC2)CC1.Cl. The fourth-order valence-electron chi connectivity index (χ4n) is 2.52. The highest BCUT2D eigenvalue weighted by Crippen LogP contribution is 2.33. The van der Waals surface area contributed by atoms with Gasteiger partial charge in [-0.15, -0.1) is 12.4 Å². The molecule has 0 aromatic heterocycles. The number of amides is 1. The van der Waals surface area contributed by atoms with Crippen molar-refractivity contribution in [2.75, 3.05) is 26.7 Å². The van der Waals surface area contributed by atoms with Crippen LogP contribution in [0.5, 0.6) is 0 Å². The standard InChI is InChI=1S/C13H24N2O.ClH/c1-14-7-4-11-5-8-15(9-6-11)13(16)10-12-2-3-12;/h11-12,14H,2-10H2,1H3;1H. The van der Waals surface area contributed by atoms with Crippen LogP contribution >= 0.6 is 12.4 Å². The van der Waals surface area contributed by atoms with Crippen LogP contribution in [0.3, 0.4) is 0 Å². The highest BCUT2D eigenvalue weighted by molar-refractivity contribution is 5.85. The number of hydrogen-bond acceptors (Lipinski definition) is 2. The number of nitrogens with zero attached hydrogens (tertiary/aromatic N) is 1. The molecule has 0 aromatic carbocycles. The summed E-state index contributed by atoms with van der Waals surface area (Å²) in [7, 11) is 2.01. The van der Waals surface area contributed by atoms with Gasteiger partial charge in [0.25, 0.3) is 0 Å². The summed E-state index contributed by atoms with van der Waals surface area (Å²) in [5.41, 5.74) is 0. The Hall–Kier alpha value is -0.280. The van der Waals surface area contributed by atoms with E-state index in [-0.39, 0.29) is 12.4 Å². The fraction of sp³-hybridized carbons (Fsp3) is 0.923. The molecule has 17 heavy (non-hydrogen) atoms. The Kier molecular flexibility index (Phi) is 6.28. The van der Waals surface area contributed by atoms with Gasteiger partial charge in [0, 0.05) is 19.5 Å². The van der Waals surface area contributed by atoms with Gasteiger partial charge in [0.15, 0.2) is 0 Å². The lowest BCUT2D eigenvalue weighted by atomic mass is 9.93. The average molecular weight is 261 g/mol. The molecule has 0 radical (unpaired) electrons. The van der Waals surface area contributed by atoms with Gasteiger partial charge >= 0.3 is 0 Å². The molecule has 1 aliphatic carbocycles. The molecule has 0 aromatic rings. The highest BCUT2D eigenvalue weighted by atomic mass is 35.5. The largest absolute Gasteiger partial charge is 0.343 e. The summed E-state index contributed by atoms with van der Waals surface area (Å²) >= 11 is 0. The van der Waals surface area contributed by atoms with Crippen molar-refractivity contribution in [2.24, 2.45) is 11.8 Å². The fourth-order valence-corrected chi connectivity index (χ4v) is 2.52. The number of rotatable bonds is 5. The van der Waals surface area contributed by atoms with Gasteiger partial charge in [0.2, 0.25) is 5.91 Å². The van der Waals surface area contributed by atoms with Gasteiger partial charge < -0.3 is 10.2 Å². The molecule has 4 heteroatoms. The van der Waals surface area contributed by atoms with Crippen molar-refractivity contribution < 1.29 is 4.79 Å². The van der Waals surface area contributed by atoms with E-state index in [1.807, 2.05) is 7.05 Å². The molecule has 1 saturated carbocycles. The van der Waals surface area contributed by atoms with Gasteiger partial charge in [-0.25, -0.2) is 0 Å².